The summed E-state index contributed by atoms with van der Waals surface area (Å²) in [4.78, 5) is 20.7. The summed E-state index contributed by atoms with van der Waals surface area (Å²) in [7, 11) is -1.52. The van der Waals surface area contributed by atoms with E-state index in [2.05, 4.69) is 12.2 Å². The zero-order chi connectivity index (χ0) is 14.0. The van der Waals surface area contributed by atoms with Gasteiger partial charge in [-0.15, -0.1) is 0 Å². The van der Waals surface area contributed by atoms with E-state index in [9.17, 15) is 9.69 Å². The molecule has 5 nitrogen and oxygen atoms in total. The Morgan fingerprint density at radius 1 is 1.44 bits per heavy atom. The second-order valence-corrected chi connectivity index (χ2v) is 5.92. The molecule has 0 aliphatic heterocycles. The molecule has 0 heterocycles. The first-order valence-electron chi connectivity index (χ1n) is 6.09. The van der Waals surface area contributed by atoms with Crippen molar-refractivity contribution >= 4 is 14.5 Å². The summed E-state index contributed by atoms with van der Waals surface area (Å²) < 4.78 is 10.2. The molecule has 0 bridgehead atoms. The average Bonchev–Trinajstić information content (AvgIpc) is 2.22. The number of nitrogens with one attached hydrogen (secondary N) is 1. The molecule has 18 heavy (non-hydrogen) atoms. The van der Waals surface area contributed by atoms with Gasteiger partial charge in [0, 0.05) is 6.54 Å². The molecular weight excluding hydrogens is 253 g/mol. The van der Waals surface area contributed by atoms with E-state index < -0.39 is 20.1 Å². The lowest BCUT2D eigenvalue weighted by molar-refractivity contribution is 0.0534. The largest absolute Gasteiger partial charge is 0.444 e. The van der Waals surface area contributed by atoms with Gasteiger partial charge in [-0.2, -0.15) is 0 Å². The molecule has 1 unspecified atom stereocenters. The summed E-state index contributed by atoms with van der Waals surface area (Å²) in [5.41, 5.74) is -0.499. The van der Waals surface area contributed by atoms with Crippen LogP contribution in [-0.4, -0.2) is 29.7 Å². The highest BCUT2D eigenvalue weighted by Gasteiger charge is 2.14. The van der Waals surface area contributed by atoms with Crippen LogP contribution in [0.15, 0.2) is 11.9 Å². The van der Waals surface area contributed by atoms with Crippen molar-refractivity contribution in [1.29, 1.82) is 0 Å². The smallest absolute Gasteiger partial charge is 0.407 e. The maximum absolute atomic E-state index is 11.3. The van der Waals surface area contributed by atoms with Crippen LogP contribution in [0.1, 0.15) is 40.5 Å². The third-order valence-corrected chi connectivity index (χ3v) is 2.63. The summed E-state index contributed by atoms with van der Waals surface area (Å²) in [5.74, 6) is 1.56. The van der Waals surface area contributed by atoms with Crippen LogP contribution >= 0.6 is 8.38 Å². The summed E-state index contributed by atoms with van der Waals surface area (Å²) in [6.45, 7) is 8.34. The molecular formula is C12H24NO4P. The van der Waals surface area contributed by atoms with Crippen LogP contribution in [0.3, 0.4) is 0 Å². The van der Waals surface area contributed by atoms with E-state index in [4.69, 9.17) is 9.26 Å². The Balaban J connectivity index is 3.66. The van der Waals surface area contributed by atoms with Crippen molar-refractivity contribution in [1.82, 2.24) is 5.32 Å². The Labute approximate surface area is 110 Å². The van der Waals surface area contributed by atoms with Gasteiger partial charge in [0.25, 0.3) is 0 Å². The number of hydrogen-bond acceptors (Lipinski definition) is 4. The second-order valence-electron chi connectivity index (χ2n) is 4.76. The third-order valence-electron chi connectivity index (χ3n) is 1.72. The van der Waals surface area contributed by atoms with Crippen LogP contribution in [0.25, 0.3) is 0 Å². The van der Waals surface area contributed by atoms with E-state index in [1.807, 2.05) is 0 Å². The minimum absolute atomic E-state index is 0.311. The Kier molecular flexibility index (Phi) is 8.98. The fraction of sp³-hybridized carbons (Fsp3) is 0.750. The molecule has 1 amide bonds. The molecule has 6 heteroatoms. The van der Waals surface area contributed by atoms with Gasteiger partial charge in [-0.1, -0.05) is 19.4 Å². The summed E-state index contributed by atoms with van der Waals surface area (Å²) in [6, 6.07) is 0. The van der Waals surface area contributed by atoms with Crippen molar-refractivity contribution in [2.45, 2.75) is 46.1 Å². The fourth-order valence-electron chi connectivity index (χ4n) is 0.945. The Hall–Kier alpha value is -0.640. The fourth-order valence-corrected chi connectivity index (χ4v) is 1.63. The first kappa shape index (κ1) is 17.4. The van der Waals surface area contributed by atoms with Crippen molar-refractivity contribution < 1.29 is 18.9 Å². The van der Waals surface area contributed by atoms with Crippen LogP contribution in [-0.2, 0) is 9.26 Å². The first-order chi connectivity index (χ1) is 8.35. The number of alkyl carbamates (subject to hydrolysis) is 1. The van der Waals surface area contributed by atoms with E-state index in [0.29, 0.717) is 13.2 Å². The summed E-state index contributed by atoms with van der Waals surface area (Å²) >= 11 is 0. The Bertz CT molecular complexity index is 263. The highest BCUT2D eigenvalue weighted by atomic mass is 31.2. The van der Waals surface area contributed by atoms with Gasteiger partial charge in [0.15, 0.2) is 8.38 Å². The minimum atomic E-state index is -1.52. The number of carbonyl (C=O) groups excluding carboxylic acids is 1. The third kappa shape index (κ3) is 11.8. The standard InChI is InChI=1S/C12H24NO4P/c1-5-6-9-16-18(15)10-7-8-13-11(14)17-12(2,3)4/h7,10,15H,5-6,8-9H2,1-4H3,(H,13,14)/b10-7+. The summed E-state index contributed by atoms with van der Waals surface area (Å²) in [5, 5.41) is 2.56. The van der Waals surface area contributed by atoms with Crippen LogP contribution in [0.5, 0.6) is 0 Å². The minimum Gasteiger partial charge on any atom is -0.444 e. The van der Waals surface area contributed by atoms with Gasteiger partial charge < -0.3 is 19.5 Å². The highest BCUT2D eigenvalue weighted by molar-refractivity contribution is 7.49. The zero-order valence-electron chi connectivity index (χ0n) is 11.6. The lowest BCUT2D eigenvalue weighted by Crippen LogP contribution is -2.32. The van der Waals surface area contributed by atoms with Gasteiger partial charge >= 0.3 is 6.09 Å². The SMILES string of the molecule is CCCCOP(O)/C=C/CNC(=O)OC(C)(C)C. The number of rotatable bonds is 7. The topological polar surface area (TPSA) is 67.8 Å². The molecule has 0 aliphatic carbocycles. The van der Waals surface area contributed by atoms with E-state index in [-0.39, 0.29) is 0 Å². The number of carbonyl (C=O) groups is 1. The molecule has 0 spiro atoms. The van der Waals surface area contributed by atoms with Crippen molar-refractivity contribution in [3.05, 3.63) is 11.9 Å². The maximum atomic E-state index is 11.3. The predicted molar refractivity (Wildman–Crippen MR) is 73.4 cm³/mol. The number of unbranched alkanes of at least 4 members (excludes halogenated alkanes) is 1. The van der Waals surface area contributed by atoms with Gasteiger partial charge in [0.05, 0.1) is 6.61 Å². The van der Waals surface area contributed by atoms with E-state index in [1.54, 1.807) is 32.7 Å². The van der Waals surface area contributed by atoms with E-state index >= 15 is 0 Å². The monoisotopic (exact) mass is 277 g/mol. The van der Waals surface area contributed by atoms with Gasteiger partial charge in [0.1, 0.15) is 5.60 Å². The van der Waals surface area contributed by atoms with Crippen LogP contribution < -0.4 is 5.32 Å². The second kappa shape index (κ2) is 9.31. The molecule has 1 atom stereocenters. The van der Waals surface area contributed by atoms with Crippen molar-refractivity contribution in [3.8, 4) is 0 Å². The molecule has 0 fully saturated rings. The molecule has 0 saturated heterocycles. The number of hydrogen-bond donors (Lipinski definition) is 2. The molecule has 0 radical (unpaired) electrons. The van der Waals surface area contributed by atoms with Crippen molar-refractivity contribution in [2.75, 3.05) is 13.2 Å². The normalized spacial score (nSPS) is 13.6. The first-order valence-corrected chi connectivity index (χ1v) is 7.38. The molecule has 0 saturated carbocycles. The quantitative estimate of drug-likeness (QED) is 0.554. The van der Waals surface area contributed by atoms with Crippen LogP contribution in [0, 0.1) is 0 Å². The lowest BCUT2D eigenvalue weighted by Gasteiger charge is -2.19. The van der Waals surface area contributed by atoms with Gasteiger partial charge in [0.2, 0.25) is 0 Å². The molecule has 2 N–H and O–H groups in total. The lowest BCUT2D eigenvalue weighted by atomic mass is 10.2. The molecule has 106 valence electrons. The highest BCUT2D eigenvalue weighted by Crippen LogP contribution is 2.32. The van der Waals surface area contributed by atoms with Crippen LogP contribution in [0.4, 0.5) is 4.79 Å². The molecule has 0 aromatic heterocycles. The Morgan fingerprint density at radius 2 is 2.11 bits per heavy atom. The van der Waals surface area contributed by atoms with Gasteiger partial charge in [-0.3, -0.25) is 0 Å². The zero-order valence-corrected chi connectivity index (χ0v) is 12.5. The van der Waals surface area contributed by atoms with E-state index in [0.717, 1.165) is 12.8 Å². The molecule has 0 aromatic rings. The average molecular weight is 277 g/mol. The van der Waals surface area contributed by atoms with Gasteiger partial charge in [-0.25, -0.2) is 4.79 Å². The van der Waals surface area contributed by atoms with E-state index in [1.165, 1.54) is 0 Å². The molecule has 0 aromatic carbocycles. The maximum Gasteiger partial charge on any atom is 0.407 e. The molecule has 0 rings (SSSR count). The van der Waals surface area contributed by atoms with Crippen molar-refractivity contribution in [2.24, 2.45) is 0 Å². The Morgan fingerprint density at radius 3 is 2.67 bits per heavy atom. The summed E-state index contributed by atoms with van der Waals surface area (Å²) in [6.07, 6.45) is 3.15. The number of ether oxygens (including phenoxy) is 1. The van der Waals surface area contributed by atoms with Crippen molar-refractivity contribution in [3.63, 3.8) is 0 Å². The van der Waals surface area contributed by atoms with Gasteiger partial charge in [-0.05, 0) is 33.0 Å². The van der Waals surface area contributed by atoms with Crippen LogP contribution in [0.2, 0.25) is 0 Å². The predicted octanol–water partition coefficient (Wildman–Crippen LogP) is 3.15. The molecule has 0 aliphatic rings. The number of amides is 1.